The van der Waals surface area contributed by atoms with Gasteiger partial charge in [0.2, 0.25) is 12.3 Å². The Bertz CT molecular complexity index is 676. The minimum absolute atomic E-state index is 0.0119. The molecule has 0 spiro atoms. The number of amidine groups is 1. The Hall–Kier alpha value is -2.81. The molecule has 0 saturated heterocycles. The van der Waals surface area contributed by atoms with E-state index in [1.807, 2.05) is 6.07 Å². The first kappa shape index (κ1) is 18.5. The summed E-state index contributed by atoms with van der Waals surface area (Å²) in [5, 5.41) is 10.7. The molecule has 0 aromatic heterocycles. The third kappa shape index (κ3) is 5.96. The first-order chi connectivity index (χ1) is 12.1. The molecule has 4 N–H and O–H groups in total. The second kappa shape index (κ2) is 9.48. The van der Waals surface area contributed by atoms with Crippen molar-refractivity contribution in [1.29, 1.82) is 0 Å². The average Bonchev–Trinajstić information content (AvgIpc) is 3.05. The molecule has 1 aliphatic heterocycles. The zero-order chi connectivity index (χ0) is 18.1. The molecular formula is C16H19F2N5O2. The maximum Gasteiger partial charge on any atom is 0.333 e. The summed E-state index contributed by atoms with van der Waals surface area (Å²) in [6.07, 6.45) is 3.22. The number of hydrogen-bond donors (Lipinski definition) is 4. The molecule has 0 saturated carbocycles. The van der Waals surface area contributed by atoms with Gasteiger partial charge in [0.25, 0.3) is 0 Å². The highest BCUT2D eigenvalue weighted by molar-refractivity contribution is 5.99. The predicted octanol–water partition coefficient (Wildman–Crippen LogP) is 0.572. The van der Waals surface area contributed by atoms with Crippen LogP contribution in [0.1, 0.15) is 23.1 Å². The summed E-state index contributed by atoms with van der Waals surface area (Å²) in [6, 6.07) is 5.40. The molecule has 134 valence electrons. The minimum atomic E-state index is -2.86. The van der Waals surface area contributed by atoms with Crippen molar-refractivity contribution in [3.8, 4) is 0 Å². The van der Waals surface area contributed by atoms with Crippen LogP contribution in [0.2, 0.25) is 0 Å². The van der Waals surface area contributed by atoms with Crippen molar-refractivity contribution in [2.45, 2.75) is 26.1 Å². The molecule has 1 aromatic carbocycles. The quantitative estimate of drug-likeness (QED) is 0.181. The summed E-state index contributed by atoms with van der Waals surface area (Å²) in [4.78, 5) is 24.8. The molecule has 0 atom stereocenters. The zero-order valence-corrected chi connectivity index (χ0v) is 13.4. The van der Waals surface area contributed by atoms with Gasteiger partial charge in [0.05, 0.1) is 0 Å². The Morgan fingerprint density at radius 3 is 2.76 bits per heavy atom. The summed E-state index contributed by atoms with van der Waals surface area (Å²) in [5.74, 6) is -0.304. The van der Waals surface area contributed by atoms with Gasteiger partial charge in [-0.25, -0.2) is 4.99 Å². The highest BCUT2D eigenvalue weighted by Gasteiger charge is 2.13. The lowest BCUT2D eigenvalue weighted by Gasteiger charge is -2.09. The highest BCUT2D eigenvalue weighted by atomic mass is 19.3. The fraction of sp³-hybridized carbons (Fsp3) is 0.312. The van der Waals surface area contributed by atoms with Gasteiger partial charge in [-0.3, -0.25) is 9.59 Å². The molecule has 2 rings (SSSR count). The van der Waals surface area contributed by atoms with Crippen molar-refractivity contribution < 1.29 is 18.4 Å². The molecule has 9 heteroatoms. The van der Waals surface area contributed by atoms with Crippen LogP contribution in [0.15, 0.2) is 35.6 Å². The van der Waals surface area contributed by atoms with E-state index in [1.165, 1.54) is 12.4 Å². The van der Waals surface area contributed by atoms with E-state index in [9.17, 15) is 18.4 Å². The van der Waals surface area contributed by atoms with Crippen LogP contribution in [0.3, 0.4) is 0 Å². The maximum absolute atomic E-state index is 12.7. The van der Waals surface area contributed by atoms with Gasteiger partial charge in [0.1, 0.15) is 5.84 Å². The normalized spacial score (nSPS) is 13.8. The Balaban J connectivity index is 1.96. The van der Waals surface area contributed by atoms with Crippen LogP contribution >= 0.6 is 0 Å². The van der Waals surface area contributed by atoms with Crippen molar-refractivity contribution >= 4 is 18.2 Å². The monoisotopic (exact) mass is 351 g/mol. The van der Waals surface area contributed by atoms with Gasteiger partial charge in [-0.15, -0.1) is 0 Å². The molecule has 0 bridgehead atoms. The third-order valence-electron chi connectivity index (χ3n) is 3.46. The van der Waals surface area contributed by atoms with Gasteiger partial charge in [-0.1, -0.05) is 12.1 Å². The number of fused-ring (bicyclic) bond motifs is 1. The zero-order valence-electron chi connectivity index (χ0n) is 13.4. The number of carbonyl (C=O) groups excluding carboxylic acids is 2. The number of rotatable bonds is 8. The second-order valence-corrected chi connectivity index (χ2v) is 5.21. The van der Waals surface area contributed by atoms with E-state index in [1.54, 1.807) is 12.1 Å². The van der Waals surface area contributed by atoms with Crippen molar-refractivity contribution in [2.75, 3.05) is 6.54 Å². The lowest BCUT2D eigenvalue weighted by molar-refractivity contribution is -0.120. The maximum atomic E-state index is 12.7. The Morgan fingerprint density at radius 2 is 2.00 bits per heavy atom. The lowest BCUT2D eigenvalue weighted by Crippen LogP contribution is -2.25. The van der Waals surface area contributed by atoms with Crippen LogP contribution in [0.25, 0.3) is 0 Å². The van der Waals surface area contributed by atoms with Crippen LogP contribution in [-0.4, -0.2) is 31.2 Å². The molecule has 1 aliphatic rings. The Kier molecular flexibility index (Phi) is 7.02. The number of nitrogens with zero attached hydrogens (tertiary/aromatic N) is 1. The van der Waals surface area contributed by atoms with Crippen molar-refractivity contribution in [3.63, 3.8) is 0 Å². The topological polar surface area (TPSA) is 94.6 Å². The highest BCUT2D eigenvalue weighted by Crippen LogP contribution is 2.17. The summed E-state index contributed by atoms with van der Waals surface area (Å²) >= 11 is 0. The summed E-state index contributed by atoms with van der Waals surface area (Å²) in [7, 11) is 0. The lowest BCUT2D eigenvalue weighted by atomic mass is 10.1. The molecule has 2 amide bonds. The molecule has 0 fully saturated rings. The number of amides is 2. The molecule has 0 aliphatic carbocycles. The van der Waals surface area contributed by atoms with Crippen molar-refractivity contribution in [1.82, 2.24) is 21.3 Å². The summed E-state index contributed by atoms with van der Waals surface area (Å²) in [6.45, 7) is -1.19. The van der Waals surface area contributed by atoms with Crippen molar-refractivity contribution in [2.24, 2.45) is 4.99 Å². The first-order valence-corrected chi connectivity index (χ1v) is 7.67. The number of carbonyl (C=O) groups is 2. The Labute approximate surface area is 143 Å². The number of alkyl halides is 2. The van der Waals surface area contributed by atoms with Gasteiger partial charge in [0.15, 0.2) is 0 Å². The van der Waals surface area contributed by atoms with E-state index >= 15 is 0 Å². The average molecular weight is 351 g/mol. The van der Waals surface area contributed by atoms with Gasteiger partial charge in [0, 0.05) is 44.0 Å². The number of halogens is 2. The van der Waals surface area contributed by atoms with E-state index in [0.717, 1.165) is 17.7 Å². The van der Waals surface area contributed by atoms with Gasteiger partial charge < -0.3 is 21.3 Å². The fourth-order valence-corrected chi connectivity index (χ4v) is 2.31. The molecule has 1 aromatic rings. The molecule has 0 radical (unpaired) electrons. The van der Waals surface area contributed by atoms with E-state index in [2.05, 4.69) is 26.3 Å². The van der Waals surface area contributed by atoms with E-state index in [0.29, 0.717) is 18.5 Å². The largest absolute Gasteiger partial charge is 0.358 e. The number of nitrogens with one attached hydrogen (secondary N) is 4. The molecule has 25 heavy (non-hydrogen) atoms. The third-order valence-corrected chi connectivity index (χ3v) is 3.46. The molecule has 1 heterocycles. The number of hydrogen-bond acceptors (Lipinski definition) is 4. The first-order valence-electron chi connectivity index (χ1n) is 7.67. The molecule has 7 nitrogen and oxygen atoms in total. The standard InChI is InChI=1S/C16H19F2N5O2/c17-16(18)23-15(11-1-2-12-8-20-9-13(12)7-11)22-6-5-21-14(25)3-4-19-10-24/h1-2,5-7,10,16,20H,3-4,8-9H2,(H,19,24)(H,21,25)(H,22,23)/b6-5+. The number of benzene rings is 1. The smallest absolute Gasteiger partial charge is 0.333 e. The fourth-order valence-electron chi connectivity index (χ4n) is 2.31. The van der Waals surface area contributed by atoms with E-state index in [4.69, 9.17) is 0 Å². The molecule has 0 unspecified atom stereocenters. The predicted molar refractivity (Wildman–Crippen MR) is 88.6 cm³/mol. The summed E-state index contributed by atoms with van der Waals surface area (Å²) in [5.41, 5.74) is 2.71. The van der Waals surface area contributed by atoms with E-state index < -0.39 is 6.55 Å². The van der Waals surface area contributed by atoms with Gasteiger partial charge in [-0.2, -0.15) is 8.78 Å². The van der Waals surface area contributed by atoms with E-state index in [-0.39, 0.29) is 24.7 Å². The van der Waals surface area contributed by atoms with Crippen LogP contribution in [0.5, 0.6) is 0 Å². The second-order valence-electron chi connectivity index (χ2n) is 5.21. The van der Waals surface area contributed by atoms with Crippen LogP contribution in [-0.2, 0) is 22.7 Å². The number of aliphatic imine (C=N–C) groups is 1. The Morgan fingerprint density at radius 1 is 1.24 bits per heavy atom. The van der Waals surface area contributed by atoms with Gasteiger partial charge in [-0.05, 0) is 17.2 Å². The minimum Gasteiger partial charge on any atom is -0.358 e. The molecular weight excluding hydrogens is 332 g/mol. The van der Waals surface area contributed by atoms with Crippen LogP contribution in [0, 0.1) is 0 Å². The van der Waals surface area contributed by atoms with Crippen LogP contribution < -0.4 is 21.3 Å². The SMILES string of the molecule is O=CNCCC(=O)N/C=C/N/C(=N/C(F)F)c1ccc2c(c1)CNC2. The van der Waals surface area contributed by atoms with Crippen molar-refractivity contribution in [3.05, 3.63) is 47.3 Å². The van der Waals surface area contributed by atoms with Crippen LogP contribution in [0.4, 0.5) is 8.78 Å². The summed E-state index contributed by atoms with van der Waals surface area (Å²) < 4.78 is 25.4. The van der Waals surface area contributed by atoms with Gasteiger partial charge >= 0.3 is 6.55 Å².